The molecule has 0 saturated carbocycles. The third-order valence-corrected chi connectivity index (χ3v) is 4.95. The van der Waals surface area contributed by atoms with Crippen LogP contribution in [0.5, 0.6) is 0 Å². The van der Waals surface area contributed by atoms with Crippen molar-refractivity contribution in [3.05, 3.63) is 66.2 Å². The first kappa shape index (κ1) is 18.4. The summed E-state index contributed by atoms with van der Waals surface area (Å²) in [7, 11) is 0. The van der Waals surface area contributed by atoms with Gasteiger partial charge in [0.2, 0.25) is 5.95 Å². The number of para-hydroxylation sites is 1. The molecule has 0 aliphatic carbocycles. The van der Waals surface area contributed by atoms with E-state index >= 15 is 0 Å². The lowest BCUT2D eigenvalue weighted by Crippen LogP contribution is -2.36. The Hall–Kier alpha value is -2.92. The highest BCUT2D eigenvalue weighted by Crippen LogP contribution is 2.29. The van der Waals surface area contributed by atoms with Gasteiger partial charge < -0.3 is 15.0 Å². The van der Waals surface area contributed by atoms with Crippen LogP contribution in [0.4, 0.5) is 17.5 Å². The van der Waals surface area contributed by atoms with E-state index in [1.54, 1.807) is 0 Å². The van der Waals surface area contributed by atoms with E-state index in [-0.39, 0.29) is 0 Å². The average molecular weight is 374 g/mol. The van der Waals surface area contributed by atoms with Crippen LogP contribution in [-0.2, 0) is 4.74 Å². The summed E-state index contributed by atoms with van der Waals surface area (Å²) in [6, 6.07) is 20.7. The smallest absolute Gasteiger partial charge is 0.229 e. The van der Waals surface area contributed by atoms with Crippen molar-refractivity contribution in [2.75, 3.05) is 36.5 Å². The van der Waals surface area contributed by atoms with Crippen LogP contribution in [0.3, 0.4) is 0 Å². The lowest BCUT2D eigenvalue weighted by atomic mass is 10.0. The minimum Gasteiger partial charge on any atom is -0.378 e. The SMILES string of the molecule is CC(C)c1ccccc1Nc1nc(-c2ccccc2)cc(N2CCOCC2)n1. The number of morpholine rings is 1. The number of anilines is 3. The zero-order valence-corrected chi connectivity index (χ0v) is 16.4. The highest BCUT2D eigenvalue weighted by Gasteiger charge is 2.16. The predicted molar refractivity (Wildman–Crippen MR) is 114 cm³/mol. The van der Waals surface area contributed by atoms with Gasteiger partial charge in [-0.15, -0.1) is 0 Å². The Bertz CT molecular complexity index is 921. The molecule has 0 unspecified atom stereocenters. The molecule has 0 atom stereocenters. The summed E-state index contributed by atoms with van der Waals surface area (Å²) in [4.78, 5) is 11.9. The number of benzene rings is 2. The van der Waals surface area contributed by atoms with E-state index in [1.165, 1.54) is 5.56 Å². The molecular weight excluding hydrogens is 348 g/mol. The molecule has 0 bridgehead atoms. The monoisotopic (exact) mass is 374 g/mol. The molecule has 0 radical (unpaired) electrons. The molecule has 2 aromatic carbocycles. The van der Waals surface area contributed by atoms with Crippen LogP contribution in [0.1, 0.15) is 25.3 Å². The Morgan fingerprint density at radius 3 is 2.39 bits per heavy atom. The molecule has 1 N–H and O–H groups in total. The number of nitrogens with zero attached hydrogens (tertiary/aromatic N) is 3. The molecule has 0 amide bonds. The van der Waals surface area contributed by atoms with Gasteiger partial charge in [-0.3, -0.25) is 0 Å². The third-order valence-electron chi connectivity index (χ3n) is 4.95. The van der Waals surface area contributed by atoms with E-state index in [9.17, 15) is 0 Å². The van der Waals surface area contributed by atoms with E-state index in [0.29, 0.717) is 11.9 Å². The molecule has 1 aliphatic rings. The molecule has 1 saturated heterocycles. The molecule has 4 rings (SSSR count). The Morgan fingerprint density at radius 1 is 0.929 bits per heavy atom. The Kier molecular flexibility index (Phi) is 5.53. The van der Waals surface area contributed by atoms with Crippen molar-refractivity contribution in [2.45, 2.75) is 19.8 Å². The first-order chi connectivity index (χ1) is 13.7. The van der Waals surface area contributed by atoms with Gasteiger partial charge in [-0.1, -0.05) is 62.4 Å². The van der Waals surface area contributed by atoms with Crippen LogP contribution in [0.15, 0.2) is 60.7 Å². The summed E-state index contributed by atoms with van der Waals surface area (Å²) >= 11 is 0. The van der Waals surface area contributed by atoms with Crippen molar-refractivity contribution >= 4 is 17.5 Å². The molecule has 0 spiro atoms. The molecule has 2 heterocycles. The zero-order valence-electron chi connectivity index (χ0n) is 16.4. The number of nitrogens with one attached hydrogen (secondary N) is 1. The minimum atomic E-state index is 0.416. The van der Waals surface area contributed by atoms with Crippen LogP contribution < -0.4 is 10.2 Å². The highest BCUT2D eigenvalue weighted by molar-refractivity contribution is 5.67. The number of rotatable bonds is 5. The van der Waals surface area contributed by atoms with E-state index < -0.39 is 0 Å². The fourth-order valence-electron chi connectivity index (χ4n) is 3.44. The lowest BCUT2D eigenvalue weighted by molar-refractivity contribution is 0.122. The highest BCUT2D eigenvalue weighted by atomic mass is 16.5. The van der Waals surface area contributed by atoms with Gasteiger partial charge in [-0.05, 0) is 17.5 Å². The number of aromatic nitrogens is 2. The topological polar surface area (TPSA) is 50.3 Å². The van der Waals surface area contributed by atoms with Crippen molar-refractivity contribution in [2.24, 2.45) is 0 Å². The largest absolute Gasteiger partial charge is 0.378 e. The molecule has 144 valence electrons. The second-order valence-electron chi connectivity index (χ2n) is 7.27. The quantitative estimate of drug-likeness (QED) is 0.692. The van der Waals surface area contributed by atoms with Crippen LogP contribution in [0.2, 0.25) is 0 Å². The van der Waals surface area contributed by atoms with Crippen LogP contribution in [0, 0.1) is 0 Å². The van der Waals surface area contributed by atoms with Gasteiger partial charge in [0.1, 0.15) is 5.82 Å². The second-order valence-corrected chi connectivity index (χ2v) is 7.27. The van der Waals surface area contributed by atoms with E-state index in [2.05, 4.69) is 60.5 Å². The second kappa shape index (κ2) is 8.40. The Morgan fingerprint density at radius 2 is 1.64 bits per heavy atom. The molecule has 5 nitrogen and oxygen atoms in total. The maximum Gasteiger partial charge on any atom is 0.229 e. The molecule has 28 heavy (non-hydrogen) atoms. The maximum atomic E-state index is 5.50. The van der Waals surface area contributed by atoms with E-state index in [1.807, 2.05) is 24.3 Å². The predicted octanol–water partition coefficient (Wildman–Crippen LogP) is 4.85. The van der Waals surface area contributed by atoms with Gasteiger partial charge in [0.25, 0.3) is 0 Å². The summed E-state index contributed by atoms with van der Waals surface area (Å²) in [6.07, 6.45) is 0. The van der Waals surface area contributed by atoms with Gasteiger partial charge in [0, 0.05) is 30.4 Å². The normalized spacial score (nSPS) is 14.3. The molecule has 3 aromatic rings. The molecule has 5 heteroatoms. The van der Waals surface area contributed by atoms with Gasteiger partial charge in [-0.2, -0.15) is 4.98 Å². The number of ether oxygens (including phenoxy) is 1. The van der Waals surface area contributed by atoms with Gasteiger partial charge >= 0.3 is 0 Å². The lowest BCUT2D eigenvalue weighted by Gasteiger charge is -2.28. The average Bonchev–Trinajstić information content (AvgIpc) is 2.75. The van der Waals surface area contributed by atoms with Gasteiger partial charge in [0.15, 0.2) is 0 Å². The summed E-state index contributed by atoms with van der Waals surface area (Å²) in [5, 5.41) is 3.46. The molecule has 1 fully saturated rings. The number of hydrogen-bond donors (Lipinski definition) is 1. The van der Waals surface area contributed by atoms with E-state index in [0.717, 1.165) is 49.1 Å². The fraction of sp³-hybridized carbons (Fsp3) is 0.304. The number of hydrogen-bond acceptors (Lipinski definition) is 5. The third kappa shape index (κ3) is 4.15. The maximum absolute atomic E-state index is 5.50. The fourth-order valence-corrected chi connectivity index (χ4v) is 3.44. The first-order valence-corrected chi connectivity index (χ1v) is 9.84. The van der Waals surface area contributed by atoms with Gasteiger partial charge in [-0.25, -0.2) is 4.98 Å². The van der Waals surface area contributed by atoms with Gasteiger partial charge in [0.05, 0.1) is 18.9 Å². The summed E-state index contributed by atoms with van der Waals surface area (Å²) in [5.41, 5.74) is 4.31. The summed E-state index contributed by atoms with van der Waals surface area (Å²) in [5.74, 6) is 1.97. The molecule has 1 aliphatic heterocycles. The van der Waals surface area contributed by atoms with Crippen molar-refractivity contribution in [1.82, 2.24) is 9.97 Å². The summed E-state index contributed by atoms with van der Waals surface area (Å²) in [6.45, 7) is 7.52. The zero-order chi connectivity index (χ0) is 19.3. The molecular formula is C23H26N4O. The van der Waals surface area contributed by atoms with Crippen LogP contribution in [0.25, 0.3) is 11.3 Å². The van der Waals surface area contributed by atoms with Crippen molar-refractivity contribution in [1.29, 1.82) is 0 Å². The Balaban J connectivity index is 1.74. The van der Waals surface area contributed by atoms with Crippen LogP contribution >= 0.6 is 0 Å². The van der Waals surface area contributed by atoms with Crippen molar-refractivity contribution in [3.63, 3.8) is 0 Å². The standard InChI is InChI=1S/C23H26N4O/c1-17(2)19-10-6-7-11-20(19)24-23-25-21(18-8-4-3-5-9-18)16-22(26-23)27-12-14-28-15-13-27/h3-11,16-17H,12-15H2,1-2H3,(H,24,25,26). The Labute approximate surface area is 166 Å². The minimum absolute atomic E-state index is 0.416. The van der Waals surface area contributed by atoms with Crippen molar-refractivity contribution < 1.29 is 4.74 Å². The van der Waals surface area contributed by atoms with Crippen LogP contribution in [-0.4, -0.2) is 36.3 Å². The summed E-state index contributed by atoms with van der Waals surface area (Å²) < 4.78 is 5.50. The van der Waals surface area contributed by atoms with E-state index in [4.69, 9.17) is 14.7 Å². The first-order valence-electron chi connectivity index (χ1n) is 9.84. The van der Waals surface area contributed by atoms with Crippen molar-refractivity contribution in [3.8, 4) is 11.3 Å². The molecule has 1 aromatic heterocycles.